The number of non-ortho nitro benzene ring substituents is 2. The molecule has 0 amide bonds. The van der Waals surface area contributed by atoms with E-state index < -0.39 is 9.85 Å². The quantitative estimate of drug-likeness (QED) is 0.529. The highest BCUT2D eigenvalue weighted by molar-refractivity contribution is 5.88. The highest BCUT2D eigenvalue weighted by Crippen LogP contribution is 2.24. The first-order valence-electron chi connectivity index (χ1n) is 7.01. The van der Waals surface area contributed by atoms with Crippen molar-refractivity contribution in [3.05, 3.63) is 86.1 Å². The molecule has 0 saturated heterocycles. The summed E-state index contributed by atoms with van der Waals surface area (Å²) in [6, 6.07) is 14.4. The van der Waals surface area contributed by atoms with Crippen LogP contribution in [0.5, 0.6) is 0 Å². The van der Waals surface area contributed by atoms with Gasteiger partial charge < -0.3 is 0 Å². The number of benzene rings is 2. The second kappa shape index (κ2) is 6.25. The molecule has 1 aromatic heterocycles. The zero-order valence-electron chi connectivity index (χ0n) is 12.3. The summed E-state index contributed by atoms with van der Waals surface area (Å²) in [4.78, 5) is 25.2. The number of rotatable bonds is 4. The predicted octanol–water partition coefficient (Wildman–Crippen LogP) is 4.22. The fourth-order valence-electron chi connectivity index (χ4n) is 2.31. The molecule has 0 aliphatic carbocycles. The molecule has 0 spiro atoms. The monoisotopic (exact) mass is 321 g/mol. The Hall–Kier alpha value is -3.61. The van der Waals surface area contributed by atoms with Gasteiger partial charge in [-0.15, -0.1) is 0 Å². The van der Waals surface area contributed by atoms with Crippen molar-refractivity contribution in [2.75, 3.05) is 0 Å². The topological polar surface area (TPSA) is 99.2 Å². The van der Waals surface area contributed by atoms with Crippen LogP contribution in [-0.2, 0) is 0 Å². The van der Waals surface area contributed by atoms with Crippen LogP contribution in [0.2, 0.25) is 0 Å². The van der Waals surface area contributed by atoms with Crippen LogP contribution in [0.4, 0.5) is 11.4 Å². The summed E-state index contributed by atoms with van der Waals surface area (Å²) in [7, 11) is 0. The first kappa shape index (κ1) is 15.3. The molecule has 2 aromatic carbocycles. The molecule has 0 saturated carbocycles. The second-order valence-corrected chi connectivity index (χ2v) is 5.03. The number of aromatic nitrogens is 1. The van der Waals surface area contributed by atoms with E-state index in [1.165, 1.54) is 18.2 Å². The number of nitro benzene ring substituents is 2. The molecule has 0 atom stereocenters. The van der Waals surface area contributed by atoms with Gasteiger partial charge in [0, 0.05) is 23.6 Å². The van der Waals surface area contributed by atoms with E-state index >= 15 is 0 Å². The summed E-state index contributed by atoms with van der Waals surface area (Å²) in [6.07, 6.45) is 3.34. The number of hydrogen-bond acceptors (Lipinski definition) is 5. The molecule has 3 rings (SSSR count). The normalized spacial score (nSPS) is 11.0. The molecule has 118 valence electrons. The van der Waals surface area contributed by atoms with Crippen LogP contribution >= 0.6 is 0 Å². The fraction of sp³-hybridized carbons (Fsp3) is 0. The molecule has 24 heavy (non-hydrogen) atoms. The summed E-state index contributed by atoms with van der Waals surface area (Å²) >= 11 is 0. The lowest BCUT2D eigenvalue weighted by Crippen LogP contribution is -1.92. The van der Waals surface area contributed by atoms with E-state index in [1.54, 1.807) is 48.6 Å². The molecule has 1 heterocycles. The number of fused-ring (bicyclic) bond motifs is 1. The largest absolute Gasteiger partial charge is 0.295 e. The van der Waals surface area contributed by atoms with Crippen molar-refractivity contribution in [2.45, 2.75) is 0 Å². The van der Waals surface area contributed by atoms with Crippen molar-refractivity contribution >= 4 is 34.4 Å². The number of nitro groups is 2. The third kappa shape index (κ3) is 3.09. The van der Waals surface area contributed by atoms with Crippen molar-refractivity contribution in [1.82, 2.24) is 4.98 Å². The summed E-state index contributed by atoms with van der Waals surface area (Å²) in [5, 5.41) is 22.5. The summed E-state index contributed by atoms with van der Waals surface area (Å²) < 4.78 is 0. The first-order chi connectivity index (χ1) is 11.5. The summed E-state index contributed by atoms with van der Waals surface area (Å²) in [5.41, 5.74) is 1.43. The highest BCUT2D eigenvalue weighted by Gasteiger charge is 2.12. The molecule has 0 bridgehead atoms. The van der Waals surface area contributed by atoms with Crippen LogP contribution in [0.3, 0.4) is 0 Å². The Balaban J connectivity index is 1.98. The van der Waals surface area contributed by atoms with Crippen molar-refractivity contribution < 1.29 is 9.85 Å². The van der Waals surface area contributed by atoms with Gasteiger partial charge in [0.2, 0.25) is 0 Å². The van der Waals surface area contributed by atoms with E-state index in [1.807, 2.05) is 0 Å². The third-order valence-corrected chi connectivity index (χ3v) is 3.44. The number of para-hydroxylation sites is 1. The SMILES string of the molecule is O=[N+]([O-])c1cccc(/C=C/c2ccc3cccc([N+](=O)[O-])c3n2)c1. The molecule has 0 fully saturated rings. The lowest BCUT2D eigenvalue weighted by Gasteiger charge is -2.00. The van der Waals surface area contributed by atoms with E-state index in [-0.39, 0.29) is 11.4 Å². The molecule has 0 N–H and O–H groups in total. The van der Waals surface area contributed by atoms with E-state index in [0.29, 0.717) is 22.2 Å². The van der Waals surface area contributed by atoms with Crippen LogP contribution < -0.4 is 0 Å². The van der Waals surface area contributed by atoms with Gasteiger partial charge in [-0.2, -0.15) is 0 Å². The Kier molecular flexibility index (Phi) is 3.98. The van der Waals surface area contributed by atoms with Crippen LogP contribution in [0, 0.1) is 20.2 Å². The molecule has 0 aliphatic rings. The van der Waals surface area contributed by atoms with E-state index in [4.69, 9.17) is 0 Å². The van der Waals surface area contributed by atoms with Crippen molar-refractivity contribution in [3.8, 4) is 0 Å². The summed E-state index contributed by atoms with van der Waals surface area (Å²) in [6.45, 7) is 0. The Morgan fingerprint density at radius 2 is 1.67 bits per heavy atom. The second-order valence-electron chi connectivity index (χ2n) is 5.03. The molecule has 7 heteroatoms. The Morgan fingerprint density at radius 1 is 0.875 bits per heavy atom. The van der Waals surface area contributed by atoms with Gasteiger partial charge in [0.15, 0.2) is 0 Å². The minimum absolute atomic E-state index is 0.000687. The van der Waals surface area contributed by atoms with E-state index in [0.717, 1.165) is 0 Å². The molecule has 0 radical (unpaired) electrons. The fourth-order valence-corrected chi connectivity index (χ4v) is 2.31. The predicted molar refractivity (Wildman–Crippen MR) is 90.4 cm³/mol. The average molecular weight is 321 g/mol. The van der Waals surface area contributed by atoms with Crippen molar-refractivity contribution in [1.29, 1.82) is 0 Å². The van der Waals surface area contributed by atoms with Gasteiger partial charge in [-0.25, -0.2) is 4.98 Å². The lowest BCUT2D eigenvalue weighted by atomic mass is 10.1. The molecule has 0 unspecified atom stereocenters. The van der Waals surface area contributed by atoms with Gasteiger partial charge in [-0.1, -0.05) is 36.4 Å². The maximum atomic E-state index is 11.1. The highest BCUT2D eigenvalue weighted by atomic mass is 16.6. The smallest absolute Gasteiger partial charge is 0.258 e. The minimum atomic E-state index is -0.469. The van der Waals surface area contributed by atoms with Crippen LogP contribution in [0.15, 0.2) is 54.6 Å². The standard InChI is InChI=1S/C17H11N3O4/c21-19(22)15-5-1-3-12(11-15)7-9-14-10-8-13-4-2-6-16(20(23)24)17(13)18-14/h1-11H/b9-7+. The van der Waals surface area contributed by atoms with Gasteiger partial charge in [0.05, 0.1) is 15.5 Å². The van der Waals surface area contributed by atoms with Gasteiger partial charge in [0.25, 0.3) is 11.4 Å². The van der Waals surface area contributed by atoms with Crippen molar-refractivity contribution in [3.63, 3.8) is 0 Å². The maximum Gasteiger partial charge on any atom is 0.295 e. The van der Waals surface area contributed by atoms with Crippen LogP contribution in [0.25, 0.3) is 23.1 Å². The molecular weight excluding hydrogens is 310 g/mol. The van der Waals surface area contributed by atoms with Gasteiger partial charge in [0.1, 0.15) is 5.52 Å². The molecule has 3 aromatic rings. The molecule has 7 nitrogen and oxygen atoms in total. The summed E-state index contributed by atoms with van der Waals surface area (Å²) in [5.74, 6) is 0. The lowest BCUT2D eigenvalue weighted by molar-refractivity contribution is -0.384. The van der Waals surface area contributed by atoms with Crippen molar-refractivity contribution in [2.24, 2.45) is 0 Å². The third-order valence-electron chi connectivity index (χ3n) is 3.44. The maximum absolute atomic E-state index is 11.1. The van der Waals surface area contributed by atoms with Crippen LogP contribution in [-0.4, -0.2) is 14.8 Å². The van der Waals surface area contributed by atoms with Gasteiger partial charge in [-0.05, 0) is 17.7 Å². The minimum Gasteiger partial charge on any atom is -0.258 e. The van der Waals surface area contributed by atoms with Gasteiger partial charge >= 0.3 is 0 Å². The van der Waals surface area contributed by atoms with E-state index in [9.17, 15) is 20.2 Å². The van der Waals surface area contributed by atoms with E-state index in [2.05, 4.69) is 4.98 Å². The van der Waals surface area contributed by atoms with Gasteiger partial charge in [-0.3, -0.25) is 20.2 Å². The first-order valence-corrected chi connectivity index (χ1v) is 7.01. The molecule has 0 aliphatic heterocycles. The number of nitrogens with zero attached hydrogens (tertiary/aromatic N) is 3. The Morgan fingerprint density at radius 3 is 2.42 bits per heavy atom. The zero-order chi connectivity index (χ0) is 17.1. The molecular formula is C17H11N3O4. The number of hydrogen-bond donors (Lipinski definition) is 0. The Labute approximate surface area is 136 Å². The zero-order valence-corrected chi connectivity index (χ0v) is 12.3. The average Bonchev–Trinajstić information content (AvgIpc) is 2.59. The number of pyridine rings is 1. The Bertz CT molecular complexity index is 982. The van der Waals surface area contributed by atoms with Crippen LogP contribution in [0.1, 0.15) is 11.3 Å².